The summed E-state index contributed by atoms with van der Waals surface area (Å²) < 4.78 is 18.4. The molecule has 0 radical (unpaired) electrons. The quantitative estimate of drug-likeness (QED) is 0.879. The van der Waals surface area contributed by atoms with Gasteiger partial charge >= 0.3 is 11.9 Å². The molecule has 0 saturated heterocycles. The van der Waals surface area contributed by atoms with E-state index in [2.05, 4.69) is 4.74 Å². The summed E-state index contributed by atoms with van der Waals surface area (Å²) in [5, 5.41) is 9.26. The van der Waals surface area contributed by atoms with Gasteiger partial charge in [-0.1, -0.05) is 29.8 Å². The van der Waals surface area contributed by atoms with Crippen molar-refractivity contribution in [2.24, 2.45) is 0 Å². The summed E-state index contributed by atoms with van der Waals surface area (Å²) in [7, 11) is 1.15. The second-order valence-electron chi connectivity index (χ2n) is 4.15. The van der Waals surface area contributed by atoms with Gasteiger partial charge in [-0.05, 0) is 29.3 Å². The smallest absolute Gasteiger partial charge is 0.340 e. The molecule has 0 atom stereocenters. The average Bonchev–Trinajstić information content (AvgIpc) is 2.45. The molecule has 0 saturated carbocycles. The highest BCUT2D eigenvalue weighted by Gasteiger charge is 2.18. The van der Waals surface area contributed by atoms with Crippen molar-refractivity contribution in [2.75, 3.05) is 7.11 Å². The molecule has 4 nitrogen and oxygen atoms in total. The van der Waals surface area contributed by atoms with Gasteiger partial charge in [0.15, 0.2) is 0 Å². The Balaban J connectivity index is 2.59. The first-order chi connectivity index (χ1) is 9.95. The van der Waals surface area contributed by atoms with E-state index in [4.69, 9.17) is 11.6 Å². The lowest BCUT2D eigenvalue weighted by molar-refractivity contribution is 0.0594. The van der Waals surface area contributed by atoms with E-state index in [9.17, 15) is 19.1 Å². The Labute approximate surface area is 124 Å². The molecule has 2 aromatic rings. The van der Waals surface area contributed by atoms with Crippen LogP contribution in [0.2, 0.25) is 5.02 Å². The highest BCUT2D eigenvalue weighted by molar-refractivity contribution is 6.34. The fraction of sp³-hybridized carbons (Fsp3) is 0.0667. The molecular weight excluding hydrogens is 299 g/mol. The Hall–Kier alpha value is -2.40. The summed E-state index contributed by atoms with van der Waals surface area (Å²) >= 11 is 5.87. The van der Waals surface area contributed by atoms with Crippen molar-refractivity contribution in [2.45, 2.75) is 0 Å². The van der Waals surface area contributed by atoms with E-state index < -0.39 is 17.8 Å². The second-order valence-corrected chi connectivity index (χ2v) is 4.56. The zero-order valence-corrected chi connectivity index (χ0v) is 11.6. The number of hydrogen-bond acceptors (Lipinski definition) is 3. The number of aromatic carboxylic acids is 1. The van der Waals surface area contributed by atoms with E-state index in [1.165, 1.54) is 24.3 Å². The molecule has 0 amide bonds. The summed E-state index contributed by atoms with van der Waals surface area (Å²) in [6.45, 7) is 0. The summed E-state index contributed by atoms with van der Waals surface area (Å²) in [4.78, 5) is 22.6. The number of hydrogen-bond donors (Lipinski definition) is 1. The molecule has 6 heteroatoms. The summed E-state index contributed by atoms with van der Waals surface area (Å²) in [5.41, 5.74) is 0.231. The van der Waals surface area contributed by atoms with Crippen molar-refractivity contribution >= 4 is 23.5 Å². The number of carbonyl (C=O) groups is 2. The first kappa shape index (κ1) is 15.0. The first-order valence-corrected chi connectivity index (χ1v) is 6.23. The van der Waals surface area contributed by atoms with Crippen LogP contribution in [-0.4, -0.2) is 24.2 Å². The predicted molar refractivity (Wildman–Crippen MR) is 75.1 cm³/mol. The number of esters is 1. The molecule has 2 rings (SSSR count). The number of carboxylic acids is 1. The molecule has 0 heterocycles. The number of carbonyl (C=O) groups excluding carboxylic acids is 1. The lowest BCUT2D eigenvalue weighted by atomic mass is 9.98. The van der Waals surface area contributed by atoms with Gasteiger partial charge in [0.1, 0.15) is 5.82 Å². The SMILES string of the molecule is COC(=O)c1ccc(-c2cccc(Cl)c2C(=O)O)cc1F. The number of rotatable bonds is 3. The Morgan fingerprint density at radius 3 is 2.52 bits per heavy atom. The minimum atomic E-state index is -1.21. The Morgan fingerprint density at radius 1 is 1.24 bits per heavy atom. The highest BCUT2D eigenvalue weighted by atomic mass is 35.5. The van der Waals surface area contributed by atoms with Crippen LogP contribution in [0.5, 0.6) is 0 Å². The number of halogens is 2. The Bertz CT molecular complexity index is 728. The van der Waals surface area contributed by atoms with Crippen LogP contribution >= 0.6 is 11.6 Å². The minimum Gasteiger partial charge on any atom is -0.478 e. The van der Waals surface area contributed by atoms with Gasteiger partial charge in [-0.25, -0.2) is 14.0 Å². The molecule has 1 N–H and O–H groups in total. The highest BCUT2D eigenvalue weighted by Crippen LogP contribution is 2.30. The van der Waals surface area contributed by atoms with Crippen molar-refractivity contribution in [1.29, 1.82) is 0 Å². The van der Waals surface area contributed by atoms with Gasteiger partial charge in [0, 0.05) is 0 Å². The second kappa shape index (κ2) is 5.93. The van der Waals surface area contributed by atoms with Crippen molar-refractivity contribution in [1.82, 2.24) is 0 Å². The monoisotopic (exact) mass is 308 g/mol. The van der Waals surface area contributed by atoms with E-state index in [1.54, 1.807) is 6.07 Å². The van der Waals surface area contributed by atoms with Crippen molar-refractivity contribution in [3.05, 3.63) is 58.4 Å². The van der Waals surface area contributed by atoms with Crippen LogP contribution in [0.4, 0.5) is 4.39 Å². The summed E-state index contributed by atoms with van der Waals surface area (Å²) in [6, 6.07) is 8.27. The van der Waals surface area contributed by atoms with Crippen molar-refractivity contribution in [3.8, 4) is 11.1 Å². The van der Waals surface area contributed by atoms with Gasteiger partial charge < -0.3 is 9.84 Å². The molecule has 21 heavy (non-hydrogen) atoms. The van der Waals surface area contributed by atoms with E-state index in [0.717, 1.165) is 13.2 Å². The van der Waals surface area contributed by atoms with Gasteiger partial charge in [0.25, 0.3) is 0 Å². The first-order valence-electron chi connectivity index (χ1n) is 5.85. The third-order valence-corrected chi connectivity index (χ3v) is 3.23. The molecule has 0 fully saturated rings. The van der Waals surface area contributed by atoms with Crippen LogP contribution in [0.25, 0.3) is 11.1 Å². The normalized spacial score (nSPS) is 10.2. The van der Waals surface area contributed by atoms with Gasteiger partial charge in [-0.15, -0.1) is 0 Å². The maximum atomic E-state index is 13.9. The summed E-state index contributed by atoms with van der Waals surface area (Å²) in [5.74, 6) is -2.81. The lowest BCUT2D eigenvalue weighted by Gasteiger charge is -2.09. The number of ether oxygens (including phenoxy) is 1. The molecule has 2 aromatic carbocycles. The summed E-state index contributed by atoms with van der Waals surface area (Å²) in [6.07, 6.45) is 0. The zero-order valence-electron chi connectivity index (χ0n) is 10.9. The molecule has 0 aliphatic rings. The molecular formula is C15H10ClFO4. The number of carboxylic acid groups (broad SMARTS) is 1. The lowest BCUT2D eigenvalue weighted by Crippen LogP contribution is -2.05. The standard InChI is InChI=1S/C15H10ClFO4/c1-21-15(20)10-6-5-8(7-12(10)17)9-3-2-4-11(16)13(9)14(18)19/h2-7H,1H3,(H,18,19). The van der Waals surface area contributed by atoms with Crippen LogP contribution in [0.15, 0.2) is 36.4 Å². The zero-order chi connectivity index (χ0) is 15.6. The Morgan fingerprint density at radius 2 is 1.95 bits per heavy atom. The molecule has 108 valence electrons. The predicted octanol–water partition coefficient (Wildman–Crippen LogP) is 3.63. The van der Waals surface area contributed by atoms with Crippen molar-refractivity contribution in [3.63, 3.8) is 0 Å². The topological polar surface area (TPSA) is 63.6 Å². The maximum Gasteiger partial charge on any atom is 0.340 e. The van der Waals surface area contributed by atoms with Gasteiger partial charge in [0.2, 0.25) is 0 Å². The third kappa shape index (κ3) is 2.87. The van der Waals surface area contributed by atoms with E-state index in [0.29, 0.717) is 5.56 Å². The van der Waals surface area contributed by atoms with E-state index in [-0.39, 0.29) is 21.7 Å². The number of methoxy groups -OCH3 is 1. The van der Waals surface area contributed by atoms with Crippen molar-refractivity contribution < 1.29 is 23.8 Å². The minimum absolute atomic E-state index is 0.0532. The van der Waals surface area contributed by atoms with Gasteiger partial charge in [-0.3, -0.25) is 0 Å². The number of benzene rings is 2. The fourth-order valence-electron chi connectivity index (χ4n) is 1.94. The molecule has 0 bridgehead atoms. The van der Waals surface area contributed by atoms with Crippen LogP contribution in [0.1, 0.15) is 20.7 Å². The van der Waals surface area contributed by atoms with Crippen LogP contribution in [0, 0.1) is 5.82 Å². The molecule has 0 aromatic heterocycles. The maximum absolute atomic E-state index is 13.9. The van der Waals surface area contributed by atoms with Crippen LogP contribution in [0.3, 0.4) is 0 Å². The largest absolute Gasteiger partial charge is 0.478 e. The third-order valence-electron chi connectivity index (χ3n) is 2.91. The fourth-order valence-corrected chi connectivity index (χ4v) is 2.20. The van der Waals surface area contributed by atoms with Crippen LogP contribution < -0.4 is 0 Å². The van der Waals surface area contributed by atoms with E-state index >= 15 is 0 Å². The molecule has 0 aliphatic carbocycles. The van der Waals surface area contributed by atoms with Gasteiger partial charge in [0.05, 0.1) is 23.3 Å². The molecule has 0 unspecified atom stereocenters. The van der Waals surface area contributed by atoms with Gasteiger partial charge in [-0.2, -0.15) is 0 Å². The van der Waals surface area contributed by atoms with Crippen LogP contribution in [-0.2, 0) is 4.74 Å². The van der Waals surface area contributed by atoms with E-state index in [1.807, 2.05) is 0 Å². The average molecular weight is 309 g/mol. The Kier molecular flexibility index (Phi) is 4.23. The molecule has 0 spiro atoms. The molecule has 0 aliphatic heterocycles.